The Morgan fingerprint density at radius 2 is 1.81 bits per heavy atom. The van der Waals surface area contributed by atoms with E-state index >= 15 is 4.39 Å². The lowest BCUT2D eigenvalue weighted by molar-refractivity contribution is -0.141. The molecule has 2 fully saturated rings. The predicted molar refractivity (Wildman–Crippen MR) is 191 cm³/mol. The number of alkyl halides is 3. The van der Waals surface area contributed by atoms with Gasteiger partial charge in [0.2, 0.25) is 17.7 Å². The molecule has 2 aromatic rings. The van der Waals surface area contributed by atoms with E-state index in [1.165, 1.54) is 37.1 Å². The summed E-state index contributed by atoms with van der Waals surface area (Å²) in [7, 11) is 0. The number of hydrogen-bond acceptors (Lipinski definition) is 9. The van der Waals surface area contributed by atoms with Crippen LogP contribution in [0.5, 0.6) is 5.88 Å². The zero-order chi connectivity index (χ0) is 39.3. The zero-order valence-corrected chi connectivity index (χ0v) is 31.3. The lowest BCUT2D eigenvalue weighted by Gasteiger charge is -2.35. The summed E-state index contributed by atoms with van der Waals surface area (Å²) in [4.78, 5) is 47.2. The summed E-state index contributed by atoms with van der Waals surface area (Å²) in [5.74, 6) is -2.77. The van der Waals surface area contributed by atoms with E-state index in [1.54, 1.807) is 6.07 Å². The molecule has 2 atom stereocenters. The summed E-state index contributed by atoms with van der Waals surface area (Å²) in [5.41, 5.74) is -5.00. The number of hydrogen-bond donors (Lipinski definition) is 1. The third kappa shape index (κ3) is 9.40. The largest absolute Gasteiger partial charge is 0.478 e. The summed E-state index contributed by atoms with van der Waals surface area (Å²) >= 11 is 5.46. The number of ether oxygens (including phenoxy) is 3. The molecule has 1 aromatic heterocycles. The van der Waals surface area contributed by atoms with E-state index in [-0.39, 0.29) is 55.3 Å². The number of carbonyl (C=O) groups is 3. The van der Waals surface area contributed by atoms with Gasteiger partial charge in [0.05, 0.1) is 49.0 Å². The number of nitrogens with zero attached hydrogens (tertiary/aromatic N) is 5. The summed E-state index contributed by atoms with van der Waals surface area (Å²) in [6, 6.07) is 5.61. The average molecular weight is 765 g/mol. The smallest absolute Gasteiger partial charge is 0.420 e. The molecule has 53 heavy (non-hydrogen) atoms. The Hall–Kier alpha value is -4.40. The Kier molecular flexibility index (Phi) is 13.1. The summed E-state index contributed by atoms with van der Waals surface area (Å²) in [5, 5.41) is 11.7. The van der Waals surface area contributed by atoms with Crippen molar-refractivity contribution in [3.8, 4) is 11.9 Å². The molecule has 17 heteroatoms. The number of aromatic nitrogens is 1. The Morgan fingerprint density at radius 1 is 1.11 bits per heavy atom. The molecule has 0 spiro atoms. The van der Waals surface area contributed by atoms with Crippen molar-refractivity contribution in [3.05, 3.63) is 47.4 Å². The number of rotatable bonds is 14. The van der Waals surface area contributed by atoms with E-state index in [9.17, 15) is 27.6 Å². The normalized spacial score (nSPS) is 18.0. The summed E-state index contributed by atoms with van der Waals surface area (Å²) in [6.07, 6.45) is -1.42. The second-order valence-electron chi connectivity index (χ2n) is 14.4. The van der Waals surface area contributed by atoms with Crippen LogP contribution in [0.4, 0.5) is 28.9 Å². The molecule has 3 heterocycles. The molecule has 1 aromatic carbocycles. The van der Waals surface area contributed by atoms with Crippen molar-refractivity contribution in [2.24, 2.45) is 5.41 Å². The van der Waals surface area contributed by atoms with Gasteiger partial charge >= 0.3 is 6.18 Å². The molecule has 2 aliphatic rings. The Labute approximate surface area is 311 Å². The van der Waals surface area contributed by atoms with E-state index in [0.29, 0.717) is 30.2 Å². The molecular formula is C36H44F4N6O6S. The van der Waals surface area contributed by atoms with Crippen molar-refractivity contribution in [1.29, 1.82) is 5.26 Å². The van der Waals surface area contributed by atoms with Gasteiger partial charge in [-0.1, -0.05) is 20.8 Å². The molecule has 0 radical (unpaired) electrons. The number of nitriles is 1. The first-order valence-corrected chi connectivity index (χ1v) is 17.5. The third-order valence-corrected chi connectivity index (χ3v) is 9.32. The van der Waals surface area contributed by atoms with E-state index in [0.717, 1.165) is 25.0 Å². The second-order valence-corrected chi connectivity index (χ2v) is 14.7. The first-order chi connectivity index (χ1) is 24.8. The topological polar surface area (TPSA) is 137 Å². The van der Waals surface area contributed by atoms with E-state index in [4.69, 9.17) is 31.7 Å². The van der Waals surface area contributed by atoms with Crippen LogP contribution in [0.25, 0.3) is 0 Å². The number of nitrogens with one attached hydrogen (secondary N) is 1. The number of likely N-dealkylation sites (tertiary alicyclic amines) is 1. The minimum Gasteiger partial charge on any atom is -0.478 e. The van der Waals surface area contributed by atoms with Gasteiger partial charge in [0.15, 0.2) is 10.9 Å². The Bertz CT molecular complexity index is 1730. The van der Waals surface area contributed by atoms with Crippen LogP contribution in [0.3, 0.4) is 0 Å². The third-order valence-electron chi connectivity index (χ3n) is 8.96. The molecule has 4 rings (SSSR count). The molecule has 0 aliphatic carbocycles. The van der Waals surface area contributed by atoms with Crippen LogP contribution in [0.15, 0.2) is 30.5 Å². The summed E-state index contributed by atoms with van der Waals surface area (Å²) < 4.78 is 72.8. The molecule has 288 valence electrons. The van der Waals surface area contributed by atoms with E-state index in [1.807, 2.05) is 32.6 Å². The maximum atomic E-state index is 15.3. The van der Waals surface area contributed by atoms with Crippen molar-refractivity contribution in [2.75, 3.05) is 49.4 Å². The quantitative estimate of drug-likeness (QED) is 0.152. The van der Waals surface area contributed by atoms with E-state index < -0.39 is 51.7 Å². The van der Waals surface area contributed by atoms with Gasteiger partial charge in [-0.15, -0.1) is 0 Å². The molecule has 0 saturated carbocycles. The molecular weight excluding hydrogens is 720 g/mol. The Morgan fingerprint density at radius 3 is 2.40 bits per heavy atom. The maximum absolute atomic E-state index is 15.3. The number of thiocarbonyl (C=S) groups is 1. The second kappa shape index (κ2) is 16.7. The van der Waals surface area contributed by atoms with Gasteiger partial charge in [0, 0.05) is 31.7 Å². The molecule has 0 unspecified atom stereocenters. The van der Waals surface area contributed by atoms with Crippen molar-refractivity contribution in [1.82, 2.24) is 15.2 Å². The number of carbonyl (C=O) groups excluding carboxylic acids is 3. The van der Waals surface area contributed by atoms with Gasteiger partial charge < -0.3 is 29.3 Å². The minimum atomic E-state index is -5.18. The first-order valence-electron chi connectivity index (χ1n) is 17.1. The molecule has 1 N–H and O–H groups in total. The number of benzene rings is 1. The monoisotopic (exact) mass is 764 g/mol. The Balaban J connectivity index is 1.21. The van der Waals surface area contributed by atoms with Crippen LogP contribution < -0.4 is 19.9 Å². The lowest BCUT2D eigenvalue weighted by Crippen LogP contribution is -2.56. The lowest BCUT2D eigenvalue weighted by atomic mass is 9.85. The highest BCUT2D eigenvalue weighted by molar-refractivity contribution is 7.81. The van der Waals surface area contributed by atoms with Crippen molar-refractivity contribution >= 4 is 46.4 Å². The minimum absolute atomic E-state index is 0.0810. The fourth-order valence-electron chi connectivity index (χ4n) is 6.14. The molecule has 12 nitrogen and oxygen atoms in total. The fraction of sp³-hybridized carbons (Fsp3) is 0.556. The number of halogens is 4. The van der Waals surface area contributed by atoms with Crippen LogP contribution in [-0.4, -0.2) is 89.9 Å². The van der Waals surface area contributed by atoms with Gasteiger partial charge in [-0.2, -0.15) is 18.4 Å². The van der Waals surface area contributed by atoms with E-state index in [2.05, 4.69) is 10.3 Å². The first kappa shape index (κ1) is 41.4. The highest BCUT2D eigenvalue weighted by Crippen LogP contribution is 2.42. The molecule has 3 amide bonds. The van der Waals surface area contributed by atoms with Crippen molar-refractivity contribution in [2.45, 2.75) is 84.6 Å². The predicted octanol–water partition coefficient (Wildman–Crippen LogP) is 5.37. The standard InChI is InChI=1S/C36H44F4N6O6S/c1-22-9-7-14-44(22)31(48)30(34(2,3)4)43-26(47)21-51-18-17-50-15-8-16-52-27-13-11-24(20-42-27)46-33(53)45(32(49)35(46,5)6)25-12-10-23(19-41)28(29(25)37)36(38,39)40/h10-13,20,22,30H,7-9,14-18,21H2,1-6H3,(H,43,47)/t22-,30-/m1/s1. The van der Waals surface area contributed by atoms with Gasteiger partial charge in [-0.05, 0) is 69.4 Å². The van der Waals surface area contributed by atoms with Crippen LogP contribution >= 0.6 is 12.2 Å². The molecule has 2 saturated heterocycles. The van der Waals surface area contributed by atoms with Crippen LogP contribution in [0.1, 0.15) is 71.9 Å². The average Bonchev–Trinajstić information content (AvgIpc) is 3.58. The van der Waals surface area contributed by atoms with Gasteiger partial charge in [0.1, 0.15) is 23.8 Å². The number of pyridine rings is 1. The SMILES string of the molecule is C[C@@H]1CCCN1C(=O)[C@@H](NC(=O)COCCOCCCOc1ccc(N2C(=S)N(c3ccc(C#N)c(C(F)(F)F)c3F)C(=O)C2(C)C)cn1)C(C)(C)C. The van der Waals surface area contributed by atoms with Gasteiger partial charge in [0.25, 0.3) is 5.91 Å². The van der Waals surface area contributed by atoms with Gasteiger partial charge in [-0.25, -0.2) is 9.37 Å². The van der Waals surface area contributed by atoms with Crippen molar-refractivity contribution in [3.63, 3.8) is 0 Å². The van der Waals surface area contributed by atoms with Crippen molar-refractivity contribution < 1.29 is 46.2 Å². The highest BCUT2D eigenvalue weighted by Gasteiger charge is 2.52. The van der Waals surface area contributed by atoms with Crippen LogP contribution in [-0.2, 0) is 30.0 Å². The number of anilines is 2. The highest BCUT2D eigenvalue weighted by atomic mass is 32.1. The zero-order valence-electron chi connectivity index (χ0n) is 30.5. The fourth-order valence-corrected chi connectivity index (χ4v) is 6.65. The van der Waals surface area contributed by atoms with Gasteiger partial charge in [-0.3, -0.25) is 19.3 Å². The molecule has 2 aliphatic heterocycles. The van der Waals surface area contributed by atoms with Crippen LogP contribution in [0, 0.1) is 22.6 Å². The molecule has 0 bridgehead atoms. The maximum Gasteiger partial charge on any atom is 0.420 e. The van der Waals surface area contributed by atoms with Crippen LogP contribution in [0.2, 0.25) is 0 Å². The number of amides is 3. The summed E-state index contributed by atoms with van der Waals surface area (Å²) in [6.45, 7) is 12.2.